The van der Waals surface area contributed by atoms with Crippen LogP contribution in [0.4, 0.5) is 5.82 Å². The van der Waals surface area contributed by atoms with E-state index in [1.165, 1.54) is 0 Å². The molecule has 0 amide bonds. The van der Waals surface area contributed by atoms with E-state index in [4.69, 9.17) is 4.74 Å². The van der Waals surface area contributed by atoms with Crippen molar-refractivity contribution in [2.75, 3.05) is 38.2 Å². The highest BCUT2D eigenvalue weighted by atomic mass is 16.5. The van der Waals surface area contributed by atoms with E-state index in [1.54, 1.807) is 6.33 Å². The van der Waals surface area contributed by atoms with Crippen LogP contribution < -0.4 is 4.90 Å². The lowest BCUT2D eigenvalue weighted by molar-refractivity contribution is -0.144. The van der Waals surface area contributed by atoms with Crippen molar-refractivity contribution in [3.8, 4) is 0 Å². The Balaban J connectivity index is 1.40. The molecule has 0 radical (unpaired) electrons. The first-order valence-electron chi connectivity index (χ1n) is 9.04. The molecule has 2 aromatic heterocycles. The van der Waals surface area contributed by atoms with Gasteiger partial charge in [-0.25, -0.2) is 9.97 Å². The van der Waals surface area contributed by atoms with Gasteiger partial charge in [-0.2, -0.15) is 0 Å². The molecule has 1 saturated carbocycles. The number of nitrogens with zero attached hydrogens (tertiary/aromatic N) is 4. The number of fused-ring (bicyclic) bond motifs is 2. The fourth-order valence-electron chi connectivity index (χ4n) is 4.51. The molecule has 0 bridgehead atoms. The molecule has 3 heterocycles. The number of nitrogens with one attached hydrogen (secondary N) is 1. The molecule has 7 nitrogen and oxygen atoms in total. The van der Waals surface area contributed by atoms with Crippen molar-refractivity contribution in [1.29, 1.82) is 0 Å². The summed E-state index contributed by atoms with van der Waals surface area (Å²) < 4.78 is 5.07. The summed E-state index contributed by atoms with van der Waals surface area (Å²) >= 11 is 0. The summed E-state index contributed by atoms with van der Waals surface area (Å²) in [5.41, 5.74) is 0.885. The van der Waals surface area contributed by atoms with Gasteiger partial charge in [-0.05, 0) is 37.7 Å². The molecule has 3 atom stereocenters. The number of aromatic amines is 1. The van der Waals surface area contributed by atoms with E-state index in [9.17, 15) is 4.79 Å². The third-order valence-electron chi connectivity index (χ3n) is 5.67. The first-order chi connectivity index (χ1) is 12.2. The van der Waals surface area contributed by atoms with Crippen molar-refractivity contribution >= 4 is 22.8 Å². The predicted molar refractivity (Wildman–Crippen MR) is 95.4 cm³/mol. The highest BCUT2D eigenvalue weighted by Crippen LogP contribution is 2.41. The maximum Gasteiger partial charge on any atom is 0.320 e. The van der Waals surface area contributed by atoms with Crippen LogP contribution in [0.25, 0.3) is 11.0 Å². The number of likely N-dealkylation sites (tertiary alicyclic amines) is 1. The van der Waals surface area contributed by atoms with Crippen LogP contribution in [0.3, 0.4) is 0 Å². The fourth-order valence-corrected chi connectivity index (χ4v) is 4.51. The number of ether oxygens (including phenoxy) is 1. The molecule has 4 rings (SSSR count). The van der Waals surface area contributed by atoms with Gasteiger partial charge in [-0.15, -0.1) is 0 Å². The number of carbonyl (C=O) groups excluding carboxylic acids is 1. The molecule has 0 unspecified atom stereocenters. The number of carbonyl (C=O) groups is 1. The third-order valence-corrected chi connectivity index (χ3v) is 5.67. The maximum atomic E-state index is 11.7. The van der Waals surface area contributed by atoms with Crippen LogP contribution >= 0.6 is 0 Å². The topological polar surface area (TPSA) is 74.3 Å². The van der Waals surface area contributed by atoms with Gasteiger partial charge in [0.2, 0.25) is 0 Å². The van der Waals surface area contributed by atoms with E-state index in [1.807, 2.05) is 19.2 Å². The Morgan fingerprint density at radius 1 is 1.36 bits per heavy atom. The predicted octanol–water partition coefficient (Wildman–Crippen LogP) is 1.67. The molecular weight excluding hydrogens is 318 g/mol. The highest BCUT2D eigenvalue weighted by Gasteiger charge is 2.42. The van der Waals surface area contributed by atoms with E-state index >= 15 is 0 Å². The van der Waals surface area contributed by atoms with Gasteiger partial charge in [0, 0.05) is 32.4 Å². The van der Waals surface area contributed by atoms with Gasteiger partial charge < -0.3 is 14.6 Å². The van der Waals surface area contributed by atoms with Crippen LogP contribution in [0.5, 0.6) is 0 Å². The SMILES string of the molecule is CCOC(=O)CN1C[C@H]2C[C@@H](N(C)c3ncnc4[nH]ccc34)C[C@H]2C1. The number of H-pyrrole nitrogens is 1. The van der Waals surface area contributed by atoms with E-state index in [2.05, 4.69) is 31.8 Å². The van der Waals surface area contributed by atoms with Crippen LogP contribution in [0.2, 0.25) is 0 Å². The molecule has 1 aliphatic carbocycles. The first kappa shape index (κ1) is 16.3. The van der Waals surface area contributed by atoms with Gasteiger partial charge in [0.05, 0.1) is 18.5 Å². The molecule has 25 heavy (non-hydrogen) atoms. The normalized spacial score (nSPS) is 26.1. The fraction of sp³-hybridized carbons (Fsp3) is 0.611. The smallest absolute Gasteiger partial charge is 0.320 e. The zero-order valence-electron chi connectivity index (χ0n) is 14.8. The molecule has 1 N–H and O–H groups in total. The second-order valence-electron chi connectivity index (χ2n) is 7.19. The van der Waals surface area contributed by atoms with E-state index < -0.39 is 0 Å². The monoisotopic (exact) mass is 343 g/mol. The lowest BCUT2D eigenvalue weighted by Crippen LogP contribution is -2.34. The molecule has 0 aromatic carbocycles. The molecule has 2 fully saturated rings. The van der Waals surface area contributed by atoms with Crippen molar-refractivity contribution in [2.24, 2.45) is 11.8 Å². The Morgan fingerprint density at radius 3 is 2.84 bits per heavy atom. The molecule has 7 heteroatoms. The van der Waals surface area contributed by atoms with Crippen LogP contribution in [0, 0.1) is 11.8 Å². The molecule has 1 saturated heterocycles. The maximum absolute atomic E-state index is 11.7. The van der Waals surface area contributed by atoms with Gasteiger partial charge in [-0.3, -0.25) is 9.69 Å². The molecule has 0 spiro atoms. The van der Waals surface area contributed by atoms with Gasteiger partial charge in [0.1, 0.15) is 17.8 Å². The lowest BCUT2D eigenvalue weighted by atomic mass is 10.0. The summed E-state index contributed by atoms with van der Waals surface area (Å²) in [7, 11) is 2.14. The summed E-state index contributed by atoms with van der Waals surface area (Å²) in [4.78, 5) is 28.2. The van der Waals surface area contributed by atoms with Crippen LogP contribution in [-0.2, 0) is 9.53 Å². The summed E-state index contributed by atoms with van der Waals surface area (Å²) in [6, 6.07) is 2.53. The second-order valence-corrected chi connectivity index (χ2v) is 7.19. The van der Waals surface area contributed by atoms with Crippen LogP contribution in [0.15, 0.2) is 18.6 Å². The Hall–Kier alpha value is -2.15. The Labute approximate surface area is 147 Å². The van der Waals surface area contributed by atoms with Crippen molar-refractivity contribution < 1.29 is 9.53 Å². The molecule has 134 valence electrons. The molecule has 2 aliphatic rings. The van der Waals surface area contributed by atoms with Crippen LogP contribution in [-0.4, -0.2) is 65.2 Å². The Morgan fingerprint density at radius 2 is 2.12 bits per heavy atom. The average molecular weight is 343 g/mol. The summed E-state index contributed by atoms with van der Waals surface area (Å²) in [5.74, 6) is 2.21. The molecule has 1 aliphatic heterocycles. The van der Waals surface area contributed by atoms with Crippen molar-refractivity contribution in [3.63, 3.8) is 0 Å². The van der Waals surface area contributed by atoms with E-state index in [0.29, 0.717) is 31.0 Å². The third kappa shape index (κ3) is 3.08. The Bertz CT molecular complexity index is 747. The van der Waals surface area contributed by atoms with Crippen molar-refractivity contribution in [2.45, 2.75) is 25.8 Å². The first-order valence-corrected chi connectivity index (χ1v) is 9.04. The second kappa shape index (κ2) is 6.63. The van der Waals surface area contributed by atoms with Gasteiger partial charge in [0.25, 0.3) is 0 Å². The van der Waals surface area contributed by atoms with Crippen molar-refractivity contribution in [1.82, 2.24) is 19.9 Å². The lowest BCUT2D eigenvalue weighted by Gasteiger charge is -2.27. The standard InChI is InChI=1S/C18H25N5O2/c1-3-25-16(24)10-23-8-12-6-14(7-13(12)9-23)22(2)18-15-4-5-19-17(15)20-11-21-18/h4-5,11-14H,3,6-10H2,1-2H3,(H,19,20,21)/t12-,13+,14-. The minimum atomic E-state index is -0.105. The summed E-state index contributed by atoms with van der Waals surface area (Å²) in [5, 5.41) is 1.07. The highest BCUT2D eigenvalue weighted by molar-refractivity contribution is 5.87. The summed E-state index contributed by atoms with van der Waals surface area (Å²) in [6.45, 7) is 4.73. The minimum Gasteiger partial charge on any atom is -0.465 e. The zero-order valence-corrected chi connectivity index (χ0v) is 14.8. The largest absolute Gasteiger partial charge is 0.465 e. The number of esters is 1. The number of hydrogen-bond donors (Lipinski definition) is 1. The summed E-state index contributed by atoms with van der Waals surface area (Å²) in [6.07, 6.45) is 5.83. The molecule has 2 aromatic rings. The van der Waals surface area contributed by atoms with Crippen LogP contribution in [0.1, 0.15) is 19.8 Å². The van der Waals surface area contributed by atoms with Crippen molar-refractivity contribution in [3.05, 3.63) is 18.6 Å². The Kier molecular flexibility index (Phi) is 4.33. The van der Waals surface area contributed by atoms with E-state index in [0.717, 1.165) is 42.8 Å². The number of hydrogen-bond acceptors (Lipinski definition) is 6. The number of aromatic nitrogens is 3. The molecular formula is C18H25N5O2. The van der Waals surface area contributed by atoms with Gasteiger partial charge in [0.15, 0.2) is 0 Å². The number of anilines is 1. The quantitative estimate of drug-likeness (QED) is 0.833. The average Bonchev–Trinajstić information content (AvgIpc) is 3.27. The zero-order chi connectivity index (χ0) is 17.4. The minimum absolute atomic E-state index is 0.105. The van der Waals surface area contributed by atoms with Gasteiger partial charge in [-0.1, -0.05) is 0 Å². The van der Waals surface area contributed by atoms with Gasteiger partial charge >= 0.3 is 5.97 Å². The van der Waals surface area contributed by atoms with E-state index in [-0.39, 0.29) is 5.97 Å². The number of rotatable bonds is 5.